The normalized spacial score (nSPS) is 18.4. The summed E-state index contributed by atoms with van der Waals surface area (Å²) in [6.45, 7) is 5.77. The highest BCUT2D eigenvalue weighted by molar-refractivity contribution is 5.92. The monoisotopic (exact) mass is 343 g/mol. The Morgan fingerprint density at radius 1 is 1.32 bits per heavy atom. The molecule has 0 bridgehead atoms. The first-order valence-corrected chi connectivity index (χ1v) is 9.12. The zero-order valence-electron chi connectivity index (χ0n) is 14.9. The van der Waals surface area contributed by atoms with Crippen molar-refractivity contribution in [1.29, 1.82) is 0 Å². The molecule has 1 fully saturated rings. The second kappa shape index (κ2) is 6.63. The van der Waals surface area contributed by atoms with Crippen LogP contribution in [0.5, 0.6) is 0 Å². The number of aryl methyl sites for hydroxylation is 2. The summed E-state index contributed by atoms with van der Waals surface area (Å²) in [4.78, 5) is 14.5. The quantitative estimate of drug-likeness (QED) is 0.851. The molecule has 7 heteroatoms. The van der Waals surface area contributed by atoms with Gasteiger partial charge in [-0.3, -0.25) is 14.2 Å². The van der Waals surface area contributed by atoms with Gasteiger partial charge in [-0.05, 0) is 25.8 Å². The van der Waals surface area contributed by atoms with E-state index in [1.54, 1.807) is 4.68 Å². The van der Waals surface area contributed by atoms with Crippen LogP contribution in [0.1, 0.15) is 53.1 Å². The Hall–Kier alpha value is -2.15. The van der Waals surface area contributed by atoms with Gasteiger partial charge in [-0.15, -0.1) is 0 Å². The van der Waals surface area contributed by atoms with Gasteiger partial charge in [-0.2, -0.15) is 10.2 Å². The predicted molar refractivity (Wildman–Crippen MR) is 92.3 cm³/mol. The van der Waals surface area contributed by atoms with E-state index in [1.165, 1.54) is 17.0 Å². The van der Waals surface area contributed by atoms with Crippen molar-refractivity contribution in [2.24, 2.45) is 7.05 Å². The molecule has 0 aliphatic carbocycles. The van der Waals surface area contributed by atoms with E-state index in [0.717, 1.165) is 45.5 Å². The number of fused-ring (bicyclic) bond motifs is 1. The summed E-state index contributed by atoms with van der Waals surface area (Å²) >= 11 is 0. The highest BCUT2D eigenvalue weighted by atomic mass is 16.5. The third kappa shape index (κ3) is 2.97. The number of likely N-dealkylation sites (tertiary alicyclic amines) is 1. The summed E-state index contributed by atoms with van der Waals surface area (Å²) in [7, 11) is 2.02. The average Bonchev–Trinajstić information content (AvgIpc) is 3.27. The molecular formula is C18H25N5O2. The Balaban J connectivity index is 1.44. The third-order valence-corrected chi connectivity index (χ3v) is 5.39. The SMILES string of the molecule is CCn1ccc(C(=O)N2CCC(c3nn(C)c4c3COCC4)CC2)n1. The fraction of sp³-hybridized carbons (Fsp3) is 0.611. The molecule has 0 unspecified atom stereocenters. The maximum absolute atomic E-state index is 12.6. The number of hydrogen-bond donors (Lipinski definition) is 0. The Kier molecular flexibility index (Phi) is 4.33. The van der Waals surface area contributed by atoms with Gasteiger partial charge < -0.3 is 9.64 Å². The zero-order chi connectivity index (χ0) is 17.4. The van der Waals surface area contributed by atoms with Gasteiger partial charge in [0.1, 0.15) is 5.69 Å². The molecule has 134 valence electrons. The summed E-state index contributed by atoms with van der Waals surface area (Å²) in [5.41, 5.74) is 4.31. The van der Waals surface area contributed by atoms with E-state index in [1.807, 2.05) is 35.8 Å². The van der Waals surface area contributed by atoms with Crippen LogP contribution >= 0.6 is 0 Å². The van der Waals surface area contributed by atoms with E-state index in [-0.39, 0.29) is 5.91 Å². The molecule has 0 atom stereocenters. The molecule has 0 aromatic carbocycles. The summed E-state index contributed by atoms with van der Waals surface area (Å²) in [6.07, 6.45) is 4.70. The van der Waals surface area contributed by atoms with Gasteiger partial charge in [-0.1, -0.05) is 0 Å². The van der Waals surface area contributed by atoms with Crippen molar-refractivity contribution in [3.63, 3.8) is 0 Å². The van der Waals surface area contributed by atoms with E-state index in [9.17, 15) is 4.79 Å². The third-order valence-electron chi connectivity index (χ3n) is 5.39. The highest BCUT2D eigenvalue weighted by Gasteiger charge is 2.30. The second-order valence-electron chi connectivity index (χ2n) is 6.86. The molecular weight excluding hydrogens is 318 g/mol. The number of aromatic nitrogens is 4. The van der Waals surface area contributed by atoms with Crippen LogP contribution in [0.25, 0.3) is 0 Å². The van der Waals surface area contributed by atoms with Crippen LogP contribution in [-0.2, 0) is 31.4 Å². The van der Waals surface area contributed by atoms with Crippen molar-refractivity contribution >= 4 is 5.91 Å². The Bertz CT molecular complexity index is 771. The minimum atomic E-state index is 0.0389. The van der Waals surface area contributed by atoms with Gasteiger partial charge in [-0.25, -0.2) is 0 Å². The van der Waals surface area contributed by atoms with Crippen molar-refractivity contribution < 1.29 is 9.53 Å². The van der Waals surface area contributed by atoms with Gasteiger partial charge in [0, 0.05) is 56.5 Å². The Morgan fingerprint density at radius 2 is 2.12 bits per heavy atom. The molecule has 2 aromatic rings. The number of ether oxygens (including phenoxy) is 1. The minimum Gasteiger partial charge on any atom is -0.376 e. The van der Waals surface area contributed by atoms with Gasteiger partial charge in [0.05, 0.1) is 18.9 Å². The maximum Gasteiger partial charge on any atom is 0.274 e. The molecule has 7 nitrogen and oxygen atoms in total. The van der Waals surface area contributed by atoms with Crippen LogP contribution in [0.15, 0.2) is 12.3 Å². The van der Waals surface area contributed by atoms with Gasteiger partial charge in [0.25, 0.3) is 5.91 Å². The molecule has 1 amide bonds. The predicted octanol–water partition coefficient (Wildman–Crippen LogP) is 1.73. The molecule has 2 aromatic heterocycles. The molecule has 0 spiro atoms. The van der Waals surface area contributed by atoms with Crippen LogP contribution in [0, 0.1) is 0 Å². The number of hydrogen-bond acceptors (Lipinski definition) is 4. The smallest absolute Gasteiger partial charge is 0.274 e. The lowest BCUT2D eigenvalue weighted by Crippen LogP contribution is -2.38. The lowest BCUT2D eigenvalue weighted by molar-refractivity contribution is 0.0703. The standard InChI is InChI=1S/C18H25N5O2/c1-3-23-10-6-15(19-23)18(24)22-8-4-13(5-9-22)17-14-12-25-11-7-16(14)21(2)20-17/h6,10,13H,3-5,7-9,11-12H2,1-2H3. The van der Waals surface area contributed by atoms with E-state index < -0.39 is 0 Å². The molecule has 0 saturated carbocycles. The van der Waals surface area contributed by atoms with E-state index >= 15 is 0 Å². The van der Waals surface area contributed by atoms with Gasteiger partial charge >= 0.3 is 0 Å². The largest absolute Gasteiger partial charge is 0.376 e. The number of piperidine rings is 1. The molecule has 2 aliphatic heterocycles. The summed E-state index contributed by atoms with van der Waals surface area (Å²) in [5.74, 6) is 0.450. The van der Waals surface area contributed by atoms with Crippen molar-refractivity contribution in [3.05, 3.63) is 34.9 Å². The first-order valence-electron chi connectivity index (χ1n) is 9.12. The number of carbonyl (C=O) groups excluding carboxylic acids is 1. The summed E-state index contributed by atoms with van der Waals surface area (Å²) in [5, 5.41) is 9.11. The molecule has 0 N–H and O–H groups in total. The van der Waals surface area contributed by atoms with E-state index in [4.69, 9.17) is 9.84 Å². The Morgan fingerprint density at radius 3 is 2.84 bits per heavy atom. The first-order chi connectivity index (χ1) is 12.2. The molecule has 4 rings (SSSR count). The summed E-state index contributed by atoms with van der Waals surface area (Å²) < 4.78 is 9.45. The van der Waals surface area contributed by atoms with Crippen LogP contribution < -0.4 is 0 Å². The number of carbonyl (C=O) groups is 1. The van der Waals surface area contributed by atoms with Gasteiger partial charge in [0.15, 0.2) is 0 Å². The Labute approximate surface area is 147 Å². The van der Waals surface area contributed by atoms with Crippen molar-refractivity contribution in [1.82, 2.24) is 24.5 Å². The second-order valence-corrected chi connectivity index (χ2v) is 6.86. The molecule has 4 heterocycles. The zero-order valence-corrected chi connectivity index (χ0v) is 14.9. The van der Waals surface area contributed by atoms with E-state index in [0.29, 0.717) is 18.2 Å². The van der Waals surface area contributed by atoms with Crippen LogP contribution in [0.3, 0.4) is 0 Å². The molecule has 1 saturated heterocycles. The minimum absolute atomic E-state index is 0.0389. The van der Waals surface area contributed by atoms with E-state index in [2.05, 4.69) is 5.10 Å². The maximum atomic E-state index is 12.6. The van der Waals surface area contributed by atoms with Crippen LogP contribution in [0.2, 0.25) is 0 Å². The van der Waals surface area contributed by atoms with Crippen LogP contribution in [-0.4, -0.2) is 50.1 Å². The first kappa shape index (κ1) is 16.3. The summed E-state index contributed by atoms with van der Waals surface area (Å²) in [6, 6.07) is 1.81. The average molecular weight is 343 g/mol. The van der Waals surface area contributed by atoms with Crippen molar-refractivity contribution in [2.75, 3.05) is 19.7 Å². The fourth-order valence-corrected chi connectivity index (χ4v) is 3.94. The molecule has 25 heavy (non-hydrogen) atoms. The van der Waals surface area contributed by atoms with Gasteiger partial charge in [0.2, 0.25) is 0 Å². The van der Waals surface area contributed by atoms with Crippen molar-refractivity contribution in [2.45, 2.75) is 45.3 Å². The fourth-order valence-electron chi connectivity index (χ4n) is 3.94. The number of amides is 1. The lowest BCUT2D eigenvalue weighted by Gasteiger charge is -2.31. The number of nitrogens with zero attached hydrogens (tertiary/aromatic N) is 5. The lowest BCUT2D eigenvalue weighted by atomic mass is 9.90. The highest BCUT2D eigenvalue weighted by Crippen LogP contribution is 2.33. The van der Waals surface area contributed by atoms with Crippen LogP contribution in [0.4, 0.5) is 0 Å². The molecule has 0 radical (unpaired) electrons. The molecule has 2 aliphatic rings. The number of rotatable bonds is 3. The van der Waals surface area contributed by atoms with Crippen molar-refractivity contribution in [3.8, 4) is 0 Å². The topological polar surface area (TPSA) is 65.2 Å².